The number of allylic oxidation sites excluding steroid dienone is 2. The zero-order valence-electron chi connectivity index (χ0n) is 13.3. The molecule has 0 fully saturated rings. The summed E-state index contributed by atoms with van der Waals surface area (Å²) in [5.41, 5.74) is 0.911. The van der Waals surface area contributed by atoms with E-state index in [1.807, 2.05) is 18.2 Å². The van der Waals surface area contributed by atoms with Crippen LogP contribution in [0, 0.1) is 5.92 Å². The third kappa shape index (κ3) is 6.11. The van der Waals surface area contributed by atoms with Gasteiger partial charge in [0.15, 0.2) is 0 Å². The number of nitrogens with one attached hydrogen (secondary N) is 1. The molecule has 122 valence electrons. The number of esters is 1. The number of rotatable bonds is 7. The Kier molecular flexibility index (Phi) is 7.36. The number of methoxy groups -OCH3 is 1. The van der Waals surface area contributed by atoms with Crippen molar-refractivity contribution in [2.75, 3.05) is 13.7 Å². The molecule has 0 saturated heterocycles. The topological polar surface area (TPSA) is 81.7 Å². The van der Waals surface area contributed by atoms with Gasteiger partial charge < -0.3 is 14.8 Å². The first kappa shape index (κ1) is 17.9. The Morgan fingerprint density at radius 3 is 2.55 bits per heavy atom. The lowest BCUT2D eigenvalue weighted by Gasteiger charge is -2.17. The maximum absolute atomic E-state index is 11.8. The fourth-order valence-corrected chi connectivity index (χ4v) is 1.88. The summed E-state index contributed by atoms with van der Waals surface area (Å²) in [5, 5.41) is 2.39. The van der Waals surface area contributed by atoms with Crippen molar-refractivity contribution in [3.05, 3.63) is 23.8 Å². The Labute approximate surface area is 130 Å². The highest BCUT2D eigenvalue weighted by Gasteiger charge is 2.26. The average Bonchev–Trinajstić information content (AvgIpc) is 2.52. The van der Waals surface area contributed by atoms with Crippen LogP contribution in [0.1, 0.15) is 33.1 Å². The normalized spacial score (nSPS) is 15.0. The molecule has 1 N–H and O–H groups in total. The highest BCUT2D eigenvalue weighted by molar-refractivity contribution is 5.89. The number of amides is 1. The van der Waals surface area contributed by atoms with Crippen LogP contribution in [0.5, 0.6) is 0 Å². The van der Waals surface area contributed by atoms with Crippen LogP contribution in [-0.4, -0.2) is 37.6 Å². The van der Waals surface area contributed by atoms with E-state index in [1.54, 1.807) is 13.8 Å². The van der Waals surface area contributed by atoms with Crippen LogP contribution in [0.4, 0.5) is 4.79 Å². The number of hydrogen-bond acceptors (Lipinski definition) is 5. The van der Waals surface area contributed by atoms with Crippen molar-refractivity contribution in [3.8, 4) is 0 Å². The molecule has 1 aliphatic rings. The van der Waals surface area contributed by atoms with Gasteiger partial charge in [-0.25, -0.2) is 9.59 Å². The predicted molar refractivity (Wildman–Crippen MR) is 81.2 cm³/mol. The van der Waals surface area contributed by atoms with Crippen LogP contribution in [0.3, 0.4) is 0 Å². The molecule has 1 aliphatic carbocycles. The van der Waals surface area contributed by atoms with Gasteiger partial charge in [-0.3, -0.25) is 4.79 Å². The van der Waals surface area contributed by atoms with E-state index in [4.69, 9.17) is 4.74 Å². The lowest BCUT2D eigenvalue weighted by atomic mass is 10.0. The molecule has 0 aromatic heterocycles. The zero-order valence-corrected chi connectivity index (χ0v) is 13.3. The predicted octanol–water partition coefficient (Wildman–Crippen LogP) is 2.15. The molecule has 0 radical (unpaired) electrons. The van der Waals surface area contributed by atoms with Crippen molar-refractivity contribution in [3.63, 3.8) is 0 Å². The molecular formula is C16H23NO5. The van der Waals surface area contributed by atoms with Crippen LogP contribution in [0.2, 0.25) is 0 Å². The smallest absolute Gasteiger partial charge is 0.408 e. The number of carbonyl (C=O) groups is 3. The fraction of sp³-hybridized carbons (Fsp3) is 0.562. The lowest BCUT2D eigenvalue weighted by molar-refractivity contribution is -0.144. The standard InChI is InChI=1S/C16H23NO5/c1-11(2)14(18)9-13(15(19)21-3)17-16(20)22-10-12-7-5-4-6-8-12/h5,7-8,11,13H,4,6,9-10H2,1-3H3,(H,17,20). The molecule has 0 aliphatic heterocycles. The average molecular weight is 309 g/mol. The summed E-state index contributed by atoms with van der Waals surface area (Å²) in [6.07, 6.45) is 6.95. The highest BCUT2D eigenvalue weighted by Crippen LogP contribution is 2.10. The second kappa shape index (κ2) is 9.02. The van der Waals surface area contributed by atoms with E-state index < -0.39 is 18.1 Å². The molecule has 0 spiro atoms. The van der Waals surface area contributed by atoms with Gasteiger partial charge in [0.2, 0.25) is 0 Å². The Balaban J connectivity index is 2.51. The minimum Gasteiger partial charge on any atom is -0.467 e. The molecule has 1 unspecified atom stereocenters. The minimum absolute atomic E-state index is 0.109. The summed E-state index contributed by atoms with van der Waals surface area (Å²) in [7, 11) is 1.21. The quantitative estimate of drug-likeness (QED) is 0.729. The van der Waals surface area contributed by atoms with Gasteiger partial charge in [0.25, 0.3) is 0 Å². The molecule has 1 rings (SSSR count). The van der Waals surface area contributed by atoms with E-state index in [2.05, 4.69) is 10.1 Å². The van der Waals surface area contributed by atoms with E-state index >= 15 is 0 Å². The molecule has 0 aromatic carbocycles. The summed E-state index contributed by atoms with van der Waals surface area (Å²) in [6.45, 7) is 3.60. The van der Waals surface area contributed by atoms with Crippen LogP contribution in [0.25, 0.3) is 0 Å². The first-order valence-corrected chi connectivity index (χ1v) is 7.33. The Morgan fingerprint density at radius 2 is 2.00 bits per heavy atom. The minimum atomic E-state index is -1.02. The van der Waals surface area contributed by atoms with Gasteiger partial charge in [-0.15, -0.1) is 0 Å². The number of Topliss-reactive ketones (excluding diaryl/α,β-unsaturated/α-hetero) is 1. The first-order chi connectivity index (χ1) is 10.4. The molecule has 0 bridgehead atoms. The number of alkyl carbamates (subject to hydrolysis) is 1. The third-order valence-electron chi connectivity index (χ3n) is 3.27. The summed E-state index contributed by atoms with van der Waals surface area (Å²) >= 11 is 0. The number of ketones is 1. The van der Waals surface area contributed by atoms with E-state index in [9.17, 15) is 14.4 Å². The second-order valence-electron chi connectivity index (χ2n) is 5.38. The van der Waals surface area contributed by atoms with Gasteiger partial charge in [0, 0.05) is 12.3 Å². The summed E-state index contributed by atoms with van der Waals surface area (Å²) in [6, 6.07) is -1.02. The molecule has 6 nitrogen and oxygen atoms in total. The second-order valence-corrected chi connectivity index (χ2v) is 5.38. The van der Waals surface area contributed by atoms with Gasteiger partial charge in [0.05, 0.1) is 7.11 Å². The van der Waals surface area contributed by atoms with Crippen LogP contribution in [-0.2, 0) is 19.1 Å². The van der Waals surface area contributed by atoms with E-state index in [1.165, 1.54) is 7.11 Å². The number of carbonyl (C=O) groups excluding carboxylic acids is 3. The van der Waals surface area contributed by atoms with Crippen LogP contribution < -0.4 is 5.32 Å². The number of ether oxygens (including phenoxy) is 2. The molecule has 6 heteroatoms. The van der Waals surface area contributed by atoms with Crippen LogP contribution in [0.15, 0.2) is 23.8 Å². The van der Waals surface area contributed by atoms with E-state index in [0.717, 1.165) is 18.4 Å². The van der Waals surface area contributed by atoms with Crippen molar-refractivity contribution in [1.29, 1.82) is 0 Å². The zero-order chi connectivity index (χ0) is 16.5. The van der Waals surface area contributed by atoms with Crippen molar-refractivity contribution >= 4 is 17.8 Å². The maximum Gasteiger partial charge on any atom is 0.408 e. The third-order valence-corrected chi connectivity index (χ3v) is 3.27. The summed E-state index contributed by atoms with van der Waals surface area (Å²) < 4.78 is 9.66. The van der Waals surface area contributed by atoms with Crippen molar-refractivity contribution in [2.24, 2.45) is 5.92 Å². The van der Waals surface area contributed by atoms with Gasteiger partial charge in [-0.1, -0.05) is 32.1 Å². The first-order valence-electron chi connectivity index (χ1n) is 7.33. The van der Waals surface area contributed by atoms with Crippen molar-refractivity contribution in [2.45, 2.75) is 39.2 Å². The highest BCUT2D eigenvalue weighted by atomic mass is 16.6. The molecular weight excluding hydrogens is 286 g/mol. The van der Waals surface area contributed by atoms with Crippen molar-refractivity contribution < 1.29 is 23.9 Å². The van der Waals surface area contributed by atoms with Gasteiger partial charge in [-0.2, -0.15) is 0 Å². The monoisotopic (exact) mass is 309 g/mol. The largest absolute Gasteiger partial charge is 0.467 e. The Bertz CT molecular complexity index is 479. The molecule has 22 heavy (non-hydrogen) atoms. The van der Waals surface area contributed by atoms with E-state index in [0.29, 0.717) is 0 Å². The molecule has 0 aromatic rings. The van der Waals surface area contributed by atoms with E-state index in [-0.39, 0.29) is 24.7 Å². The molecule has 0 heterocycles. The molecule has 1 atom stereocenters. The van der Waals surface area contributed by atoms with Crippen molar-refractivity contribution in [1.82, 2.24) is 5.32 Å². The van der Waals surface area contributed by atoms with Gasteiger partial charge >= 0.3 is 12.1 Å². The summed E-state index contributed by atoms with van der Waals surface area (Å²) in [5.74, 6) is -1.01. The fourth-order valence-electron chi connectivity index (χ4n) is 1.88. The van der Waals surface area contributed by atoms with Crippen LogP contribution >= 0.6 is 0 Å². The Morgan fingerprint density at radius 1 is 1.27 bits per heavy atom. The number of hydrogen-bond donors (Lipinski definition) is 1. The SMILES string of the molecule is COC(=O)C(CC(=O)C(C)C)NC(=O)OCC1=CCCC=C1. The Hall–Kier alpha value is -2.11. The molecule has 1 amide bonds. The molecule has 0 saturated carbocycles. The maximum atomic E-state index is 11.8. The summed E-state index contributed by atoms with van der Waals surface area (Å²) in [4.78, 5) is 35.2. The van der Waals surface area contributed by atoms with Gasteiger partial charge in [0.1, 0.15) is 18.4 Å². The van der Waals surface area contributed by atoms with Gasteiger partial charge in [-0.05, 0) is 18.4 Å². The lowest BCUT2D eigenvalue weighted by Crippen LogP contribution is -2.43.